The Morgan fingerprint density at radius 3 is 2.62 bits per heavy atom. The van der Waals surface area contributed by atoms with Crippen LogP contribution in [0.3, 0.4) is 0 Å². The van der Waals surface area contributed by atoms with Crippen molar-refractivity contribution >= 4 is 23.2 Å². The number of carboxylic acid groups (broad SMARTS) is 1. The van der Waals surface area contributed by atoms with E-state index >= 15 is 0 Å². The van der Waals surface area contributed by atoms with Gasteiger partial charge in [-0.1, -0.05) is 12.2 Å². The van der Waals surface area contributed by atoms with Gasteiger partial charge in [-0.05, 0) is 25.2 Å². The van der Waals surface area contributed by atoms with E-state index in [-0.39, 0.29) is 17.7 Å². The van der Waals surface area contributed by atoms with Gasteiger partial charge in [0.05, 0.1) is 29.1 Å². The summed E-state index contributed by atoms with van der Waals surface area (Å²) in [5, 5.41) is 12.3. The van der Waals surface area contributed by atoms with Gasteiger partial charge in [0, 0.05) is 12.4 Å². The lowest BCUT2D eigenvalue weighted by Gasteiger charge is -2.28. The minimum Gasteiger partial charge on any atom is -0.481 e. The molecule has 5 nitrogen and oxygen atoms in total. The van der Waals surface area contributed by atoms with Crippen LogP contribution in [0.5, 0.6) is 0 Å². The molecule has 3 rings (SSSR count). The molecule has 2 unspecified atom stereocenters. The van der Waals surface area contributed by atoms with Gasteiger partial charge in [-0.2, -0.15) is 0 Å². The van der Waals surface area contributed by atoms with Crippen LogP contribution in [0.4, 0.5) is 0 Å². The van der Waals surface area contributed by atoms with Crippen molar-refractivity contribution in [2.24, 2.45) is 23.7 Å². The second kappa shape index (κ2) is 5.26. The fourth-order valence-electron chi connectivity index (χ4n) is 3.55. The second-order valence-electron chi connectivity index (χ2n) is 5.89. The van der Waals surface area contributed by atoms with Crippen LogP contribution in [0.1, 0.15) is 17.1 Å². The Labute approximate surface area is 127 Å². The minimum absolute atomic E-state index is 0.0105. The predicted octanol–water partition coefficient (Wildman–Crippen LogP) is 1.93. The zero-order valence-corrected chi connectivity index (χ0v) is 12.8. The Balaban J connectivity index is 1.74. The molecule has 1 heterocycles. The third-order valence-electron chi connectivity index (χ3n) is 4.47. The first-order valence-electron chi connectivity index (χ1n) is 7.04. The summed E-state index contributed by atoms with van der Waals surface area (Å²) in [6.45, 7) is 2.37. The number of aliphatic carboxylic acids is 1. The Kier molecular flexibility index (Phi) is 3.57. The summed E-state index contributed by atoms with van der Waals surface area (Å²) in [5.74, 6) is -1.86. The molecule has 1 saturated carbocycles. The molecule has 1 aromatic rings. The molecule has 0 aromatic carbocycles. The third kappa shape index (κ3) is 2.48. The van der Waals surface area contributed by atoms with E-state index in [2.05, 4.69) is 4.98 Å². The lowest BCUT2D eigenvalue weighted by molar-refractivity contribution is -0.150. The van der Waals surface area contributed by atoms with Gasteiger partial charge >= 0.3 is 5.97 Å². The van der Waals surface area contributed by atoms with E-state index in [1.807, 2.05) is 24.5 Å². The van der Waals surface area contributed by atoms with Crippen molar-refractivity contribution in [3.8, 4) is 0 Å². The maximum absolute atomic E-state index is 12.7. The highest BCUT2D eigenvalue weighted by molar-refractivity contribution is 7.09. The van der Waals surface area contributed by atoms with E-state index in [0.717, 1.165) is 17.1 Å². The van der Waals surface area contributed by atoms with Crippen LogP contribution in [0.15, 0.2) is 17.5 Å². The lowest BCUT2D eigenvalue weighted by atomic mass is 9.82. The highest BCUT2D eigenvalue weighted by Crippen LogP contribution is 2.48. The van der Waals surface area contributed by atoms with Crippen molar-refractivity contribution in [3.63, 3.8) is 0 Å². The number of nitrogens with zero attached hydrogens (tertiary/aromatic N) is 2. The molecule has 1 amide bonds. The first-order valence-corrected chi connectivity index (χ1v) is 7.92. The molecule has 1 fully saturated rings. The highest BCUT2D eigenvalue weighted by Gasteiger charge is 2.52. The average molecular weight is 306 g/mol. The largest absolute Gasteiger partial charge is 0.481 e. The number of aromatic nitrogens is 1. The SMILES string of the molecule is Cc1nc(CN(C)C(=O)[C@H]2C3C=CC(C3)[C@H]2C(=O)O)cs1. The monoisotopic (exact) mass is 306 g/mol. The van der Waals surface area contributed by atoms with E-state index in [1.165, 1.54) is 0 Å². The predicted molar refractivity (Wildman–Crippen MR) is 78.7 cm³/mol. The van der Waals surface area contributed by atoms with Crippen molar-refractivity contribution in [2.45, 2.75) is 19.9 Å². The van der Waals surface area contributed by atoms with Crippen LogP contribution in [0.25, 0.3) is 0 Å². The number of amides is 1. The zero-order chi connectivity index (χ0) is 15.1. The molecular formula is C15H18N2O3S. The molecule has 0 spiro atoms. The molecule has 1 aromatic heterocycles. The highest BCUT2D eigenvalue weighted by atomic mass is 32.1. The molecule has 0 saturated heterocycles. The van der Waals surface area contributed by atoms with Gasteiger partial charge in [-0.15, -0.1) is 11.3 Å². The van der Waals surface area contributed by atoms with Crippen LogP contribution < -0.4 is 0 Å². The van der Waals surface area contributed by atoms with Crippen LogP contribution in [-0.4, -0.2) is 33.9 Å². The molecular weight excluding hydrogens is 288 g/mol. The molecule has 6 heteroatoms. The van der Waals surface area contributed by atoms with Gasteiger partial charge < -0.3 is 10.0 Å². The number of allylic oxidation sites excluding steroid dienone is 2. The number of aryl methyl sites for hydroxylation is 1. The average Bonchev–Trinajstić information content (AvgIpc) is 3.12. The van der Waals surface area contributed by atoms with Gasteiger partial charge in [-0.25, -0.2) is 4.98 Å². The number of carbonyl (C=O) groups excluding carboxylic acids is 1. The molecule has 1 N–H and O–H groups in total. The van der Waals surface area contributed by atoms with Crippen molar-refractivity contribution < 1.29 is 14.7 Å². The van der Waals surface area contributed by atoms with Gasteiger partial charge in [0.15, 0.2) is 0 Å². The maximum atomic E-state index is 12.7. The summed E-state index contributed by atoms with van der Waals surface area (Å²) < 4.78 is 0. The summed E-state index contributed by atoms with van der Waals surface area (Å²) in [7, 11) is 1.73. The molecule has 4 atom stereocenters. The first kappa shape index (κ1) is 14.3. The Morgan fingerprint density at radius 1 is 1.38 bits per heavy atom. The summed E-state index contributed by atoms with van der Waals surface area (Å²) >= 11 is 1.55. The normalized spacial score (nSPS) is 29.8. The number of carbonyl (C=O) groups is 2. The Hall–Kier alpha value is -1.69. The van der Waals surface area contributed by atoms with Gasteiger partial charge in [0.25, 0.3) is 0 Å². The second-order valence-corrected chi connectivity index (χ2v) is 6.95. The van der Waals surface area contributed by atoms with Crippen LogP contribution >= 0.6 is 11.3 Å². The van der Waals surface area contributed by atoms with Crippen molar-refractivity contribution in [2.75, 3.05) is 7.05 Å². The number of carboxylic acids is 1. The number of thiazole rings is 1. The zero-order valence-electron chi connectivity index (χ0n) is 12.0. The summed E-state index contributed by atoms with van der Waals surface area (Å²) in [5.41, 5.74) is 0.860. The Morgan fingerprint density at radius 2 is 2.05 bits per heavy atom. The lowest BCUT2D eigenvalue weighted by Crippen LogP contribution is -2.40. The van der Waals surface area contributed by atoms with Crippen LogP contribution in [0.2, 0.25) is 0 Å². The standard InChI is InChI=1S/C15H18N2O3S/c1-8-16-11(7-21-8)6-17(2)14(18)12-9-3-4-10(5-9)13(12)15(19)20/h3-4,7,9-10,12-13H,5-6H2,1-2H3,(H,19,20)/t9?,10?,12-,13+/m0/s1. The smallest absolute Gasteiger partial charge is 0.307 e. The molecule has 2 bridgehead atoms. The number of rotatable bonds is 4. The summed E-state index contributed by atoms with van der Waals surface area (Å²) in [6, 6.07) is 0. The molecule has 112 valence electrons. The van der Waals surface area contributed by atoms with Gasteiger partial charge in [0.2, 0.25) is 5.91 Å². The van der Waals surface area contributed by atoms with E-state index < -0.39 is 17.8 Å². The quantitative estimate of drug-likeness (QED) is 0.863. The fraction of sp³-hybridized carbons (Fsp3) is 0.533. The van der Waals surface area contributed by atoms with Gasteiger partial charge in [-0.3, -0.25) is 9.59 Å². The Bertz CT molecular complexity index is 610. The minimum atomic E-state index is -0.858. The van der Waals surface area contributed by atoms with Crippen molar-refractivity contribution in [1.82, 2.24) is 9.88 Å². The van der Waals surface area contributed by atoms with E-state index in [9.17, 15) is 14.7 Å². The molecule has 2 aliphatic rings. The summed E-state index contributed by atoms with van der Waals surface area (Å²) in [6.07, 6.45) is 4.75. The van der Waals surface area contributed by atoms with Gasteiger partial charge in [0.1, 0.15) is 0 Å². The van der Waals surface area contributed by atoms with Crippen LogP contribution in [-0.2, 0) is 16.1 Å². The van der Waals surface area contributed by atoms with Crippen molar-refractivity contribution in [3.05, 3.63) is 28.2 Å². The fourth-order valence-corrected chi connectivity index (χ4v) is 4.16. The van der Waals surface area contributed by atoms with E-state index in [1.54, 1.807) is 23.3 Å². The van der Waals surface area contributed by atoms with E-state index in [4.69, 9.17) is 0 Å². The topological polar surface area (TPSA) is 70.5 Å². The number of hydrogen-bond donors (Lipinski definition) is 1. The summed E-state index contributed by atoms with van der Waals surface area (Å²) in [4.78, 5) is 30.1. The first-order chi connectivity index (χ1) is 9.97. The molecule has 0 aliphatic heterocycles. The van der Waals surface area contributed by atoms with Crippen LogP contribution in [0, 0.1) is 30.6 Å². The maximum Gasteiger partial charge on any atom is 0.307 e. The van der Waals surface area contributed by atoms with Crippen molar-refractivity contribution in [1.29, 1.82) is 0 Å². The molecule has 2 aliphatic carbocycles. The third-order valence-corrected chi connectivity index (χ3v) is 5.29. The molecule has 0 radical (unpaired) electrons. The molecule has 21 heavy (non-hydrogen) atoms. The number of fused-ring (bicyclic) bond motifs is 2. The van der Waals surface area contributed by atoms with E-state index in [0.29, 0.717) is 6.54 Å². The number of hydrogen-bond acceptors (Lipinski definition) is 4.